The minimum Gasteiger partial charge on any atom is -0.368 e. The van der Waals surface area contributed by atoms with Gasteiger partial charge in [0.15, 0.2) is 6.29 Å². The molecule has 0 spiro atoms. The summed E-state index contributed by atoms with van der Waals surface area (Å²) in [4.78, 5) is 0. The zero-order valence-electron chi connectivity index (χ0n) is 4.92. The molecule has 1 aliphatic rings. The van der Waals surface area contributed by atoms with Gasteiger partial charge in [-0.05, 0) is 6.92 Å². The van der Waals surface area contributed by atoms with Gasteiger partial charge in [-0.2, -0.15) is 0 Å². The highest BCUT2D eigenvalue weighted by atomic mass is 16.6. The summed E-state index contributed by atoms with van der Waals surface area (Å²) in [5, 5.41) is 8.82. The Morgan fingerprint density at radius 2 is 2.62 bits per heavy atom. The van der Waals surface area contributed by atoms with Crippen molar-refractivity contribution in [3.05, 3.63) is 11.6 Å². The van der Waals surface area contributed by atoms with E-state index in [1.54, 1.807) is 0 Å². The van der Waals surface area contributed by atoms with E-state index in [2.05, 4.69) is 0 Å². The van der Waals surface area contributed by atoms with E-state index in [0.29, 0.717) is 13.0 Å². The van der Waals surface area contributed by atoms with Crippen molar-refractivity contribution in [3.8, 4) is 0 Å². The molecule has 1 aliphatic heterocycles. The van der Waals surface area contributed by atoms with Crippen LogP contribution in [0, 0.1) is 0 Å². The summed E-state index contributed by atoms with van der Waals surface area (Å²) in [6.45, 7) is 2.55. The molecule has 2 nitrogen and oxygen atoms in total. The fourth-order valence-corrected chi connectivity index (χ4v) is 0.719. The van der Waals surface area contributed by atoms with E-state index in [-0.39, 0.29) is 0 Å². The molecular formula is C6H10O2. The van der Waals surface area contributed by atoms with Crippen LogP contribution in [-0.2, 0) is 4.74 Å². The molecule has 0 saturated heterocycles. The van der Waals surface area contributed by atoms with Gasteiger partial charge in [-0.25, -0.2) is 0 Å². The average molecular weight is 114 g/mol. The molecule has 46 valence electrons. The molecule has 0 amide bonds. The van der Waals surface area contributed by atoms with E-state index in [1.807, 2.05) is 13.0 Å². The van der Waals surface area contributed by atoms with Gasteiger partial charge in [-0.1, -0.05) is 11.6 Å². The Balaban J connectivity index is 2.45. The molecule has 0 aromatic rings. The SMILES string of the molecule is CC1=CCO[C@H](O)C1. The van der Waals surface area contributed by atoms with Crippen LogP contribution in [0.1, 0.15) is 13.3 Å². The molecule has 8 heavy (non-hydrogen) atoms. The lowest BCUT2D eigenvalue weighted by molar-refractivity contribution is -0.0934. The van der Waals surface area contributed by atoms with Crippen LogP contribution < -0.4 is 0 Å². The molecule has 0 bridgehead atoms. The van der Waals surface area contributed by atoms with Gasteiger partial charge in [0.2, 0.25) is 0 Å². The normalized spacial score (nSPS) is 29.8. The number of aliphatic hydroxyl groups is 1. The van der Waals surface area contributed by atoms with Crippen LogP contribution >= 0.6 is 0 Å². The smallest absolute Gasteiger partial charge is 0.158 e. The summed E-state index contributed by atoms with van der Waals surface area (Å²) in [6, 6.07) is 0. The lowest BCUT2D eigenvalue weighted by Crippen LogP contribution is -2.16. The van der Waals surface area contributed by atoms with Crippen molar-refractivity contribution < 1.29 is 9.84 Å². The molecule has 0 saturated carbocycles. The van der Waals surface area contributed by atoms with Gasteiger partial charge in [0.25, 0.3) is 0 Å². The topological polar surface area (TPSA) is 29.5 Å². The number of ether oxygens (including phenoxy) is 1. The number of hydrogen-bond acceptors (Lipinski definition) is 2. The fourth-order valence-electron chi connectivity index (χ4n) is 0.719. The van der Waals surface area contributed by atoms with Crippen LogP contribution in [0.15, 0.2) is 11.6 Å². The maximum Gasteiger partial charge on any atom is 0.158 e. The maximum absolute atomic E-state index is 8.82. The van der Waals surface area contributed by atoms with E-state index in [9.17, 15) is 0 Å². The minimum absolute atomic E-state index is 0.556. The molecule has 0 radical (unpaired) electrons. The second-order valence-electron chi connectivity index (χ2n) is 2.04. The number of aliphatic hydroxyl groups excluding tert-OH is 1. The van der Waals surface area contributed by atoms with E-state index in [1.165, 1.54) is 5.57 Å². The maximum atomic E-state index is 8.82. The lowest BCUT2D eigenvalue weighted by Gasteiger charge is -2.15. The third kappa shape index (κ3) is 1.32. The van der Waals surface area contributed by atoms with Crippen molar-refractivity contribution >= 4 is 0 Å². The van der Waals surface area contributed by atoms with Crippen LogP contribution in [-0.4, -0.2) is 18.0 Å². The van der Waals surface area contributed by atoms with Crippen molar-refractivity contribution in [2.75, 3.05) is 6.61 Å². The van der Waals surface area contributed by atoms with Gasteiger partial charge < -0.3 is 9.84 Å². The summed E-state index contributed by atoms with van der Waals surface area (Å²) in [6.07, 6.45) is 2.09. The first-order valence-electron chi connectivity index (χ1n) is 2.74. The second-order valence-corrected chi connectivity index (χ2v) is 2.04. The minimum atomic E-state index is -0.556. The van der Waals surface area contributed by atoms with Gasteiger partial charge in [-0.15, -0.1) is 0 Å². The van der Waals surface area contributed by atoms with Crippen molar-refractivity contribution in [1.29, 1.82) is 0 Å². The quantitative estimate of drug-likeness (QED) is 0.469. The molecule has 1 rings (SSSR count). The van der Waals surface area contributed by atoms with Crippen molar-refractivity contribution in [2.24, 2.45) is 0 Å². The molecule has 0 aliphatic carbocycles. The summed E-state index contributed by atoms with van der Waals surface area (Å²) in [5.41, 5.74) is 1.21. The van der Waals surface area contributed by atoms with Crippen molar-refractivity contribution in [2.45, 2.75) is 19.6 Å². The molecule has 0 aromatic heterocycles. The molecular weight excluding hydrogens is 104 g/mol. The fraction of sp³-hybridized carbons (Fsp3) is 0.667. The number of rotatable bonds is 0. The molecule has 1 N–H and O–H groups in total. The molecule has 0 aromatic carbocycles. The van der Waals surface area contributed by atoms with Crippen molar-refractivity contribution in [1.82, 2.24) is 0 Å². The molecule has 1 heterocycles. The van der Waals surface area contributed by atoms with Crippen LogP contribution in [0.3, 0.4) is 0 Å². The molecule has 1 atom stereocenters. The average Bonchev–Trinajstić information content (AvgIpc) is 1.64. The van der Waals surface area contributed by atoms with Crippen LogP contribution in [0.4, 0.5) is 0 Å². The Morgan fingerprint density at radius 1 is 1.88 bits per heavy atom. The highest BCUT2D eigenvalue weighted by Crippen LogP contribution is 2.10. The van der Waals surface area contributed by atoms with E-state index < -0.39 is 6.29 Å². The summed E-state index contributed by atoms with van der Waals surface area (Å²) >= 11 is 0. The largest absolute Gasteiger partial charge is 0.368 e. The molecule has 0 unspecified atom stereocenters. The summed E-state index contributed by atoms with van der Waals surface area (Å²) in [7, 11) is 0. The van der Waals surface area contributed by atoms with Gasteiger partial charge in [-0.3, -0.25) is 0 Å². The predicted molar refractivity (Wildman–Crippen MR) is 30.3 cm³/mol. The Bertz CT molecular complexity index is 107. The van der Waals surface area contributed by atoms with E-state index in [4.69, 9.17) is 9.84 Å². The molecule has 2 heteroatoms. The second kappa shape index (κ2) is 2.29. The van der Waals surface area contributed by atoms with E-state index >= 15 is 0 Å². The standard InChI is InChI=1S/C6H10O2/c1-5-2-3-8-6(7)4-5/h2,6-7H,3-4H2,1H3/t6-/m0/s1. The van der Waals surface area contributed by atoms with Gasteiger partial charge >= 0.3 is 0 Å². The Morgan fingerprint density at radius 3 is 3.00 bits per heavy atom. The highest BCUT2D eigenvalue weighted by molar-refractivity contribution is 5.00. The van der Waals surface area contributed by atoms with E-state index in [0.717, 1.165) is 0 Å². The first-order chi connectivity index (χ1) is 3.79. The van der Waals surface area contributed by atoms with Crippen LogP contribution in [0.2, 0.25) is 0 Å². The van der Waals surface area contributed by atoms with Crippen LogP contribution in [0.5, 0.6) is 0 Å². The first-order valence-corrected chi connectivity index (χ1v) is 2.74. The summed E-state index contributed by atoms with van der Waals surface area (Å²) in [5.74, 6) is 0. The Labute approximate surface area is 48.8 Å². The monoisotopic (exact) mass is 114 g/mol. The predicted octanol–water partition coefficient (Wildman–Crippen LogP) is 0.671. The summed E-state index contributed by atoms with van der Waals surface area (Å²) < 4.78 is 4.83. The zero-order chi connectivity index (χ0) is 5.98. The zero-order valence-corrected chi connectivity index (χ0v) is 4.92. The molecule has 0 fully saturated rings. The lowest BCUT2D eigenvalue weighted by atomic mass is 10.2. The Kier molecular flexibility index (Phi) is 1.65. The highest BCUT2D eigenvalue weighted by Gasteiger charge is 2.07. The third-order valence-corrected chi connectivity index (χ3v) is 1.22. The van der Waals surface area contributed by atoms with Crippen LogP contribution in [0.25, 0.3) is 0 Å². The van der Waals surface area contributed by atoms with Crippen molar-refractivity contribution in [3.63, 3.8) is 0 Å². The number of hydrogen-bond donors (Lipinski definition) is 1. The van der Waals surface area contributed by atoms with Gasteiger partial charge in [0.1, 0.15) is 0 Å². The third-order valence-electron chi connectivity index (χ3n) is 1.22. The Hall–Kier alpha value is -0.340. The van der Waals surface area contributed by atoms with Gasteiger partial charge in [0, 0.05) is 6.42 Å². The van der Waals surface area contributed by atoms with Gasteiger partial charge in [0.05, 0.1) is 6.61 Å². The first kappa shape index (κ1) is 5.79.